The third-order valence-electron chi connectivity index (χ3n) is 2.21. The van der Waals surface area contributed by atoms with E-state index in [1.54, 1.807) is 6.07 Å². The molecule has 1 heterocycles. The van der Waals surface area contributed by atoms with Crippen LogP contribution in [0.3, 0.4) is 0 Å². The van der Waals surface area contributed by atoms with Crippen LogP contribution in [0.25, 0.3) is 0 Å². The van der Waals surface area contributed by atoms with Crippen LogP contribution in [0.15, 0.2) is 10.5 Å². The van der Waals surface area contributed by atoms with E-state index in [0.717, 1.165) is 5.56 Å². The van der Waals surface area contributed by atoms with Crippen molar-refractivity contribution in [3.05, 3.63) is 16.1 Å². The molecule has 0 unspecified atom stereocenters. The first-order chi connectivity index (χ1) is 7.24. The lowest BCUT2D eigenvalue weighted by Crippen LogP contribution is -2.18. The summed E-state index contributed by atoms with van der Waals surface area (Å²) in [4.78, 5) is 0. The number of phenolic OH excluding ortho intramolecular Hbond substituents is 1. The monoisotopic (exact) mass is 273 g/mol. The van der Waals surface area contributed by atoms with Crippen molar-refractivity contribution in [2.24, 2.45) is 0 Å². The van der Waals surface area contributed by atoms with Gasteiger partial charge in [0.05, 0.1) is 10.0 Å². The van der Waals surface area contributed by atoms with E-state index in [0.29, 0.717) is 35.7 Å². The van der Waals surface area contributed by atoms with Gasteiger partial charge in [0.15, 0.2) is 11.5 Å². The topological polar surface area (TPSA) is 50.7 Å². The number of halogens is 1. The molecule has 2 rings (SSSR count). The van der Waals surface area contributed by atoms with Crippen LogP contribution in [0, 0.1) is 0 Å². The molecule has 0 fully saturated rings. The van der Waals surface area contributed by atoms with Crippen LogP contribution in [-0.4, -0.2) is 25.4 Å². The highest BCUT2D eigenvalue weighted by molar-refractivity contribution is 9.10. The summed E-state index contributed by atoms with van der Waals surface area (Å²) in [6.45, 7) is 1.60. The van der Waals surface area contributed by atoms with Crippen molar-refractivity contribution in [1.82, 2.24) is 5.32 Å². The molecule has 4 nitrogen and oxygen atoms in total. The first kappa shape index (κ1) is 10.6. The third kappa shape index (κ3) is 1.89. The molecule has 0 bridgehead atoms. The maximum atomic E-state index is 9.86. The minimum atomic E-state index is 0.202. The fourth-order valence-electron chi connectivity index (χ4n) is 1.55. The second-order valence-corrected chi connectivity index (χ2v) is 4.09. The number of nitrogens with one attached hydrogen (secondary N) is 1. The van der Waals surface area contributed by atoms with Crippen molar-refractivity contribution in [2.75, 3.05) is 20.3 Å². The van der Waals surface area contributed by atoms with E-state index in [1.807, 2.05) is 7.05 Å². The molecule has 1 aliphatic rings. The first-order valence-corrected chi connectivity index (χ1v) is 5.48. The van der Waals surface area contributed by atoms with E-state index in [1.165, 1.54) is 0 Å². The standard InChI is InChI=1S/C10H12BrNO3/c1-12-5-6-9(13)7(11)4-8-10(6)15-3-2-14-8/h4,12-13H,2-3,5H2,1H3. The number of phenols is 1. The fourth-order valence-corrected chi connectivity index (χ4v) is 2.00. The van der Waals surface area contributed by atoms with E-state index >= 15 is 0 Å². The lowest BCUT2D eigenvalue weighted by Gasteiger charge is -2.22. The Hall–Kier alpha value is -0.940. The zero-order valence-electron chi connectivity index (χ0n) is 8.34. The molecule has 1 aliphatic heterocycles. The molecule has 15 heavy (non-hydrogen) atoms. The third-order valence-corrected chi connectivity index (χ3v) is 2.81. The van der Waals surface area contributed by atoms with Crippen molar-refractivity contribution >= 4 is 15.9 Å². The maximum absolute atomic E-state index is 9.86. The minimum absolute atomic E-state index is 0.202. The number of benzene rings is 1. The Kier molecular flexibility index (Phi) is 3.02. The van der Waals surface area contributed by atoms with Crippen molar-refractivity contribution in [3.8, 4) is 17.2 Å². The lowest BCUT2D eigenvalue weighted by molar-refractivity contribution is 0.168. The molecule has 1 aromatic carbocycles. The van der Waals surface area contributed by atoms with Crippen LogP contribution in [0.2, 0.25) is 0 Å². The summed E-state index contributed by atoms with van der Waals surface area (Å²) in [6, 6.07) is 1.73. The summed E-state index contributed by atoms with van der Waals surface area (Å²) in [6.07, 6.45) is 0. The summed E-state index contributed by atoms with van der Waals surface area (Å²) in [7, 11) is 1.82. The van der Waals surface area contributed by atoms with Gasteiger partial charge in [0.1, 0.15) is 19.0 Å². The molecule has 0 radical (unpaired) electrons. The van der Waals surface area contributed by atoms with Crippen LogP contribution < -0.4 is 14.8 Å². The predicted molar refractivity (Wildman–Crippen MR) is 59.6 cm³/mol. The Morgan fingerprint density at radius 3 is 2.93 bits per heavy atom. The number of hydrogen-bond acceptors (Lipinski definition) is 4. The Balaban J connectivity index is 2.52. The molecular formula is C10H12BrNO3. The van der Waals surface area contributed by atoms with Gasteiger partial charge in [0.2, 0.25) is 0 Å². The van der Waals surface area contributed by atoms with Gasteiger partial charge in [-0.2, -0.15) is 0 Å². The highest BCUT2D eigenvalue weighted by Crippen LogP contribution is 2.43. The highest BCUT2D eigenvalue weighted by atomic mass is 79.9. The van der Waals surface area contributed by atoms with Gasteiger partial charge in [-0.25, -0.2) is 0 Å². The van der Waals surface area contributed by atoms with E-state index in [2.05, 4.69) is 21.2 Å². The molecule has 0 aromatic heterocycles. The van der Waals surface area contributed by atoms with Crippen LogP contribution >= 0.6 is 15.9 Å². The van der Waals surface area contributed by atoms with Gasteiger partial charge >= 0.3 is 0 Å². The van der Waals surface area contributed by atoms with Gasteiger partial charge in [-0.1, -0.05) is 0 Å². The number of hydrogen-bond donors (Lipinski definition) is 2. The summed E-state index contributed by atoms with van der Waals surface area (Å²) in [5.41, 5.74) is 0.724. The van der Waals surface area contributed by atoms with Gasteiger partial charge in [-0.15, -0.1) is 0 Å². The lowest BCUT2D eigenvalue weighted by atomic mass is 10.1. The second-order valence-electron chi connectivity index (χ2n) is 3.24. The molecule has 0 spiro atoms. The smallest absolute Gasteiger partial charge is 0.169 e. The zero-order valence-corrected chi connectivity index (χ0v) is 9.93. The molecule has 0 saturated carbocycles. The van der Waals surface area contributed by atoms with Crippen LogP contribution in [0.1, 0.15) is 5.56 Å². The average molecular weight is 274 g/mol. The van der Waals surface area contributed by atoms with Gasteiger partial charge in [-0.05, 0) is 23.0 Å². The van der Waals surface area contributed by atoms with Crippen molar-refractivity contribution in [2.45, 2.75) is 6.54 Å². The summed E-state index contributed by atoms with van der Waals surface area (Å²) >= 11 is 3.28. The molecule has 2 N–H and O–H groups in total. The zero-order chi connectivity index (χ0) is 10.8. The summed E-state index contributed by atoms with van der Waals surface area (Å²) in [5, 5.41) is 12.8. The van der Waals surface area contributed by atoms with Gasteiger partial charge in [0.25, 0.3) is 0 Å². The Morgan fingerprint density at radius 1 is 1.47 bits per heavy atom. The van der Waals surface area contributed by atoms with E-state index < -0.39 is 0 Å². The molecule has 5 heteroatoms. The SMILES string of the molecule is CNCc1c(O)c(Br)cc2c1OCCO2. The van der Waals surface area contributed by atoms with Crippen LogP contribution in [0.5, 0.6) is 17.2 Å². The van der Waals surface area contributed by atoms with Gasteiger partial charge in [0, 0.05) is 12.6 Å². The van der Waals surface area contributed by atoms with E-state index in [4.69, 9.17) is 9.47 Å². The summed E-state index contributed by atoms with van der Waals surface area (Å²) < 4.78 is 11.6. The Bertz CT molecular complexity index is 381. The molecule has 0 aliphatic carbocycles. The predicted octanol–water partition coefficient (Wildman–Crippen LogP) is 1.65. The maximum Gasteiger partial charge on any atom is 0.169 e. The average Bonchev–Trinajstić information content (AvgIpc) is 2.25. The largest absolute Gasteiger partial charge is 0.506 e. The molecule has 0 saturated heterocycles. The van der Waals surface area contributed by atoms with Crippen molar-refractivity contribution < 1.29 is 14.6 Å². The van der Waals surface area contributed by atoms with Crippen LogP contribution in [-0.2, 0) is 6.54 Å². The summed E-state index contributed by atoms with van der Waals surface area (Å²) in [5.74, 6) is 1.51. The van der Waals surface area contributed by atoms with Gasteiger partial charge in [-0.3, -0.25) is 0 Å². The van der Waals surface area contributed by atoms with E-state index in [-0.39, 0.29) is 5.75 Å². The molecule has 1 aromatic rings. The molecule has 0 atom stereocenters. The normalized spacial score (nSPS) is 14.0. The molecule has 82 valence electrons. The van der Waals surface area contributed by atoms with Gasteiger partial charge < -0.3 is 19.9 Å². The Labute approximate surface area is 96.3 Å². The molecule has 0 amide bonds. The quantitative estimate of drug-likeness (QED) is 0.861. The number of fused-ring (bicyclic) bond motifs is 1. The minimum Gasteiger partial charge on any atom is -0.506 e. The van der Waals surface area contributed by atoms with E-state index in [9.17, 15) is 5.11 Å². The van der Waals surface area contributed by atoms with Crippen molar-refractivity contribution in [3.63, 3.8) is 0 Å². The fraction of sp³-hybridized carbons (Fsp3) is 0.400. The number of aromatic hydroxyl groups is 1. The Morgan fingerprint density at radius 2 is 2.20 bits per heavy atom. The number of ether oxygens (including phenoxy) is 2. The first-order valence-electron chi connectivity index (χ1n) is 4.68. The van der Waals surface area contributed by atoms with Crippen molar-refractivity contribution in [1.29, 1.82) is 0 Å². The molecular weight excluding hydrogens is 262 g/mol. The highest BCUT2D eigenvalue weighted by Gasteiger charge is 2.21. The number of rotatable bonds is 2. The second kappa shape index (κ2) is 4.28. The van der Waals surface area contributed by atoms with Crippen LogP contribution in [0.4, 0.5) is 0 Å².